The predicted molar refractivity (Wildman–Crippen MR) is 117 cm³/mol. The number of nitrogens with one attached hydrogen (secondary N) is 2. The number of urea groups is 1. The number of benzene rings is 2. The van der Waals surface area contributed by atoms with Crippen LogP contribution in [0.25, 0.3) is 5.70 Å². The summed E-state index contributed by atoms with van der Waals surface area (Å²) in [6.45, 7) is 0.630. The third kappa shape index (κ3) is 4.49. The minimum atomic E-state index is -4.53. The van der Waals surface area contributed by atoms with Gasteiger partial charge in [-0.25, -0.2) is 4.79 Å². The van der Waals surface area contributed by atoms with E-state index >= 15 is 0 Å². The van der Waals surface area contributed by atoms with Gasteiger partial charge < -0.3 is 22.1 Å². The van der Waals surface area contributed by atoms with E-state index in [-0.39, 0.29) is 17.8 Å². The summed E-state index contributed by atoms with van der Waals surface area (Å²) in [6.07, 6.45) is 0.522. The number of carbonyl (C=O) groups is 1. The molecule has 2 aliphatic rings. The number of halogens is 3. The predicted octanol–water partition coefficient (Wildman–Crippen LogP) is 3.52. The van der Waals surface area contributed by atoms with E-state index < -0.39 is 12.2 Å². The van der Waals surface area contributed by atoms with Gasteiger partial charge in [0.05, 0.1) is 5.69 Å². The van der Waals surface area contributed by atoms with Gasteiger partial charge >= 0.3 is 12.2 Å². The molecule has 9 heteroatoms. The number of aryl methyl sites for hydroxylation is 1. The van der Waals surface area contributed by atoms with E-state index in [9.17, 15) is 18.0 Å². The van der Waals surface area contributed by atoms with Crippen molar-refractivity contribution >= 4 is 17.4 Å². The van der Waals surface area contributed by atoms with Crippen LogP contribution < -0.4 is 27.0 Å². The van der Waals surface area contributed by atoms with E-state index in [1.54, 1.807) is 6.20 Å². The van der Waals surface area contributed by atoms with Gasteiger partial charge in [-0.1, -0.05) is 30.3 Å². The number of nitrogens with two attached hydrogens (primary N) is 2. The molecule has 0 fully saturated rings. The van der Waals surface area contributed by atoms with Crippen LogP contribution in [0.1, 0.15) is 29.2 Å². The van der Waals surface area contributed by atoms with Crippen LogP contribution in [0.4, 0.5) is 23.7 Å². The average molecular weight is 443 g/mol. The molecule has 32 heavy (non-hydrogen) atoms. The second-order valence-corrected chi connectivity index (χ2v) is 7.79. The van der Waals surface area contributed by atoms with Crippen molar-refractivity contribution in [1.29, 1.82) is 0 Å². The highest BCUT2D eigenvalue weighted by Crippen LogP contribution is 2.32. The van der Waals surface area contributed by atoms with Gasteiger partial charge in [0.1, 0.15) is 12.2 Å². The average Bonchev–Trinajstić information content (AvgIpc) is 3.19. The van der Waals surface area contributed by atoms with Crippen molar-refractivity contribution in [3.63, 3.8) is 0 Å². The fraction of sp³-hybridized carbons (Fsp3) is 0.261. The molecule has 2 aliphatic heterocycles. The van der Waals surface area contributed by atoms with Crippen molar-refractivity contribution in [1.82, 2.24) is 10.6 Å². The Morgan fingerprint density at radius 3 is 2.53 bits per heavy atom. The summed E-state index contributed by atoms with van der Waals surface area (Å²) in [5.41, 5.74) is 15.1. The van der Waals surface area contributed by atoms with E-state index in [1.165, 1.54) is 34.7 Å². The van der Waals surface area contributed by atoms with Crippen LogP contribution in [0.2, 0.25) is 0 Å². The SMILES string of the molecule is NCCCc1cccc(C2=CC3=CN(c4ccc(C(N)C(F)(F)F)cc4)C(=O)NC3N2)c1. The first-order valence-electron chi connectivity index (χ1n) is 10.3. The number of fused-ring (bicyclic) bond motifs is 1. The van der Waals surface area contributed by atoms with Crippen LogP contribution in [-0.2, 0) is 6.42 Å². The lowest BCUT2D eigenvalue weighted by Crippen LogP contribution is -2.51. The normalized spacial score (nSPS) is 19.0. The molecule has 0 aliphatic carbocycles. The molecule has 0 radical (unpaired) electrons. The van der Waals surface area contributed by atoms with Crippen molar-refractivity contribution in [3.8, 4) is 0 Å². The Morgan fingerprint density at radius 1 is 1.09 bits per heavy atom. The maximum atomic E-state index is 12.8. The van der Waals surface area contributed by atoms with E-state index in [0.717, 1.165) is 29.7 Å². The zero-order valence-corrected chi connectivity index (χ0v) is 17.2. The van der Waals surface area contributed by atoms with Gasteiger partial charge in [-0.05, 0) is 60.4 Å². The van der Waals surface area contributed by atoms with Crippen molar-refractivity contribution in [2.24, 2.45) is 11.5 Å². The first-order chi connectivity index (χ1) is 15.3. The van der Waals surface area contributed by atoms with Gasteiger partial charge in [0.2, 0.25) is 0 Å². The molecule has 2 heterocycles. The summed E-state index contributed by atoms with van der Waals surface area (Å²) in [7, 11) is 0. The lowest BCUT2D eigenvalue weighted by atomic mass is 10.0. The van der Waals surface area contributed by atoms with Gasteiger partial charge in [0.25, 0.3) is 0 Å². The lowest BCUT2D eigenvalue weighted by Gasteiger charge is -2.29. The van der Waals surface area contributed by atoms with Crippen molar-refractivity contribution in [2.45, 2.75) is 31.2 Å². The first-order valence-corrected chi connectivity index (χ1v) is 10.3. The van der Waals surface area contributed by atoms with Crippen LogP contribution in [0.5, 0.6) is 0 Å². The molecule has 4 rings (SSSR count). The van der Waals surface area contributed by atoms with E-state index in [1.807, 2.05) is 18.2 Å². The summed E-state index contributed by atoms with van der Waals surface area (Å²) in [4.78, 5) is 14.0. The molecular formula is C23H24F3N5O. The minimum absolute atomic E-state index is 0.0663. The van der Waals surface area contributed by atoms with E-state index in [2.05, 4.69) is 22.8 Å². The van der Waals surface area contributed by atoms with E-state index in [0.29, 0.717) is 12.2 Å². The number of nitrogens with zero attached hydrogens (tertiary/aromatic N) is 1. The topological polar surface area (TPSA) is 96.4 Å². The second-order valence-electron chi connectivity index (χ2n) is 7.79. The van der Waals surface area contributed by atoms with Crippen LogP contribution in [0.15, 0.2) is 66.4 Å². The summed E-state index contributed by atoms with van der Waals surface area (Å²) in [6, 6.07) is 11.1. The molecule has 0 bridgehead atoms. The smallest absolute Gasteiger partial charge is 0.361 e. The molecule has 2 aromatic carbocycles. The van der Waals surface area contributed by atoms with Crippen LogP contribution in [0, 0.1) is 0 Å². The van der Waals surface area contributed by atoms with Crippen LogP contribution >= 0.6 is 0 Å². The molecule has 168 valence electrons. The molecule has 2 unspecified atom stereocenters. The summed E-state index contributed by atoms with van der Waals surface area (Å²) in [5, 5.41) is 6.18. The van der Waals surface area contributed by atoms with Crippen molar-refractivity contribution in [3.05, 3.63) is 83.1 Å². The highest BCUT2D eigenvalue weighted by atomic mass is 19.4. The monoisotopic (exact) mass is 443 g/mol. The third-order valence-corrected chi connectivity index (χ3v) is 5.50. The molecule has 0 spiro atoms. The highest BCUT2D eigenvalue weighted by molar-refractivity contribution is 5.96. The largest absolute Gasteiger partial charge is 0.407 e. The second kappa shape index (κ2) is 8.68. The number of rotatable bonds is 6. The maximum absolute atomic E-state index is 12.8. The Labute approximate surface area is 183 Å². The number of carbonyl (C=O) groups excluding carboxylic acids is 1. The fourth-order valence-electron chi connectivity index (χ4n) is 3.75. The zero-order chi connectivity index (χ0) is 22.9. The summed E-state index contributed by atoms with van der Waals surface area (Å²) >= 11 is 0. The van der Waals surface area contributed by atoms with Crippen molar-refractivity contribution < 1.29 is 18.0 Å². The quantitative estimate of drug-likeness (QED) is 0.549. The third-order valence-electron chi connectivity index (χ3n) is 5.50. The van der Waals surface area contributed by atoms with Gasteiger partial charge in [-0.15, -0.1) is 0 Å². The molecular weight excluding hydrogens is 419 g/mol. The molecule has 0 aromatic heterocycles. The molecule has 2 atom stereocenters. The standard InChI is InChI=1S/C23H24F3N5O/c24-23(25,26)20(28)15-6-8-18(9-7-15)31-13-17-12-19(29-21(17)30-22(31)32)16-5-1-3-14(11-16)4-2-10-27/h1,3,5-9,11-13,20-21,29H,2,4,10,27-28H2,(H,30,32). The number of amides is 2. The highest BCUT2D eigenvalue weighted by Gasteiger charge is 2.38. The Kier molecular flexibility index (Phi) is 5.94. The first kappa shape index (κ1) is 21.9. The minimum Gasteiger partial charge on any atom is -0.361 e. The van der Waals surface area contributed by atoms with Crippen LogP contribution in [-0.4, -0.2) is 24.9 Å². The number of alkyl halides is 3. The van der Waals surface area contributed by atoms with Crippen molar-refractivity contribution in [2.75, 3.05) is 11.4 Å². The van der Waals surface area contributed by atoms with Gasteiger partial charge in [-0.2, -0.15) is 13.2 Å². The Hall–Kier alpha value is -3.30. The Morgan fingerprint density at radius 2 is 1.84 bits per heavy atom. The lowest BCUT2D eigenvalue weighted by molar-refractivity contribution is -0.149. The molecule has 0 saturated carbocycles. The van der Waals surface area contributed by atoms with E-state index in [4.69, 9.17) is 11.5 Å². The molecule has 2 amide bonds. The van der Waals surface area contributed by atoms with Gasteiger partial charge in [0, 0.05) is 17.5 Å². The Bertz CT molecular complexity index is 1060. The maximum Gasteiger partial charge on any atom is 0.407 e. The van der Waals surface area contributed by atoms with Gasteiger partial charge in [0.15, 0.2) is 0 Å². The number of hydrogen-bond donors (Lipinski definition) is 4. The van der Waals surface area contributed by atoms with Crippen LogP contribution in [0.3, 0.4) is 0 Å². The Balaban J connectivity index is 1.56. The molecule has 2 aromatic rings. The number of hydrogen-bond acceptors (Lipinski definition) is 4. The molecule has 6 N–H and O–H groups in total. The zero-order valence-electron chi connectivity index (χ0n) is 17.2. The summed E-state index contributed by atoms with van der Waals surface area (Å²) < 4.78 is 38.5. The molecule has 0 saturated heterocycles. The summed E-state index contributed by atoms with van der Waals surface area (Å²) in [5.74, 6) is 0. The number of anilines is 1. The fourth-order valence-corrected chi connectivity index (χ4v) is 3.75. The van der Waals surface area contributed by atoms with Gasteiger partial charge in [-0.3, -0.25) is 4.90 Å². The molecule has 6 nitrogen and oxygen atoms in total.